The standard InChI is InChI=1S/C13H22N4O3/c1-3-13(4-2,7-14)12(20)17-10(11(18)19)5-9-6-15-8-16-9/h6,8,10H,3-5,7,14H2,1-2H3,(H,15,16)(H,17,20)(H,18,19)/t10-/m0/s1. The Morgan fingerprint density at radius 2 is 2.15 bits per heavy atom. The molecule has 0 aromatic carbocycles. The summed E-state index contributed by atoms with van der Waals surface area (Å²) < 4.78 is 0. The second-order valence-electron chi connectivity index (χ2n) is 4.84. The Hall–Kier alpha value is -1.89. The minimum atomic E-state index is -1.08. The number of carboxylic acid groups (broad SMARTS) is 1. The quantitative estimate of drug-likeness (QED) is 0.546. The molecule has 0 saturated heterocycles. The lowest BCUT2D eigenvalue weighted by Gasteiger charge is -2.30. The molecule has 1 heterocycles. The normalized spacial score (nSPS) is 12.9. The molecule has 1 atom stereocenters. The van der Waals surface area contributed by atoms with Crippen LogP contribution in [0.4, 0.5) is 0 Å². The van der Waals surface area contributed by atoms with E-state index in [0.717, 1.165) is 0 Å². The summed E-state index contributed by atoms with van der Waals surface area (Å²) in [5.41, 5.74) is 5.64. The Labute approximate surface area is 118 Å². The number of aromatic amines is 1. The predicted octanol–water partition coefficient (Wildman–Crippen LogP) is 0.287. The van der Waals surface area contributed by atoms with Crippen molar-refractivity contribution in [3.05, 3.63) is 18.2 Å². The van der Waals surface area contributed by atoms with Gasteiger partial charge < -0.3 is 21.1 Å². The summed E-state index contributed by atoms with van der Waals surface area (Å²) in [5, 5.41) is 11.8. The highest BCUT2D eigenvalue weighted by Crippen LogP contribution is 2.25. The molecular weight excluding hydrogens is 260 g/mol. The van der Waals surface area contributed by atoms with Gasteiger partial charge in [0, 0.05) is 24.9 Å². The van der Waals surface area contributed by atoms with Gasteiger partial charge in [-0.25, -0.2) is 9.78 Å². The van der Waals surface area contributed by atoms with Gasteiger partial charge in [-0.05, 0) is 12.8 Å². The van der Waals surface area contributed by atoms with E-state index in [-0.39, 0.29) is 18.9 Å². The molecule has 5 N–H and O–H groups in total. The van der Waals surface area contributed by atoms with Gasteiger partial charge in [0.15, 0.2) is 0 Å². The van der Waals surface area contributed by atoms with Crippen LogP contribution in [0.5, 0.6) is 0 Å². The number of nitrogens with one attached hydrogen (secondary N) is 2. The number of H-pyrrole nitrogens is 1. The molecule has 1 aromatic rings. The Balaban J connectivity index is 2.80. The van der Waals surface area contributed by atoms with Crippen LogP contribution in [0, 0.1) is 5.41 Å². The first-order chi connectivity index (χ1) is 9.49. The number of amides is 1. The van der Waals surface area contributed by atoms with Crippen LogP contribution < -0.4 is 11.1 Å². The number of nitrogens with zero attached hydrogens (tertiary/aromatic N) is 1. The van der Waals surface area contributed by atoms with Crippen molar-refractivity contribution in [2.24, 2.45) is 11.1 Å². The monoisotopic (exact) mass is 282 g/mol. The molecule has 0 aliphatic rings. The number of imidazole rings is 1. The Morgan fingerprint density at radius 1 is 1.50 bits per heavy atom. The largest absolute Gasteiger partial charge is 0.480 e. The molecule has 0 fully saturated rings. The van der Waals surface area contributed by atoms with Crippen LogP contribution in [0.25, 0.3) is 0 Å². The van der Waals surface area contributed by atoms with Crippen molar-refractivity contribution in [3.63, 3.8) is 0 Å². The van der Waals surface area contributed by atoms with Crippen molar-refractivity contribution in [1.82, 2.24) is 15.3 Å². The molecule has 0 spiro atoms. The molecule has 1 rings (SSSR count). The number of hydrogen-bond donors (Lipinski definition) is 4. The van der Waals surface area contributed by atoms with E-state index in [2.05, 4.69) is 15.3 Å². The Morgan fingerprint density at radius 3 is 2.55 bits per heavy atom. The lowest BCUT2D eigenvalue weighted by molar-refractivity contribution is -0.144. The van der Waals surface area contributed by atoms with E-state index in [1.807, 2.05) is 13.8 Å². The van der Waals surface area contributed by atoms with Crippen LogP contribution >= 0.6 is 0 Å². The molecule has 0 aliphatic carbocycles. The summed E-state index contributed by atoms with van der Waals surface area (Å²) in [5.74, 6) is -1.39. The van der Waals surface area contributed by atoms with Crippen LogP contribution in [-0.4, -0.2) is 39.5 Å². The van der Waals surface area contributed by atoms with Crippen LogP contribution in [0.3, 0.4) is 0 Å². The zero-order chi connectivity index (χ0) is 15.2. The SMILES string of the molecule is CCC(CC)(CN)C(=O)N[C@@H](Cc1cnc[nH]1)C(=O)O. The average molecular weight is 282 g/mol. The molecule has 1 aromatic heterocycles. The summed E-state index contributed by atoms with van der Waals surface area (Å²) in [6, 6.07) is -0.994. The molecule has 0 radical (unpaired) electrons. The molecule has 20 heavy (non-hydrogen) atoms. The number of nitrogens with two attached hydrogens (primary N) is 1. The fraction of sp³-hybridized carbons (Fsp3) is 0.615. The Bertz CT molecular complexity index is 432. The minimum absolute atomic E-state index is 0.162. The number of rotatable bonds is 8. The van der Waals surface area contributed by atoms with Gasteiger partial charge in [0.05, 0.1) is 11.7 Å². The summed E-state index contributed by atoms with van der Waals surface area (Å²) in [6.07, 6.45) is 4.32. The third-order valence-corrected chi connectivity index (χ3v) is 3.81. The first-order valence-corrected chi connectivity index (χ1v) is 6.70. The molecule has 1 amide bonds. The highest BCUT2D eigenvalue weighted by Gasteiger charge is 2.35. The van der Waals surface area contributed by atoms with Crippen molar-refractivity contribution in [2.75, 3.05) is 6.54 Å². The molecule has 0 bridgehead atoms. The van der Waals surface area contributed by atoms with Gasteiger partial charge in [-0.1, -0.05) is 13.8 Å². The zero-order valence-corrected chi connectivity index (χ0v) is 11.8. The maximum absolute atomic E-state index is 12.3. The van der Waals surface area contributed by atoms with E-state index >= 15 is 0 Å². The van der Waals surface area contributed by atoms with Crippen molar-refractivity contribution in [3.8, 4) is 0 Å². The summed E-state index contributed by atoms with van der Waals surface area (Å²) in [6.45, 7) is 3.95. The third kappa shape index (κ3) is 3.57. The zero-order valence-electron chi connectivity index (χ0n) is 11.8. The average Bonchev–Trinajstić information content (AvgIpc) is 2.93. The smallest absolute Gasteiger partial charge is 0.326 e. The van der Waals surface area contributed by atoms with E-state index in [4.69, 9.17) is 5.73 Å². The van der Waals surface area contributed by atoms with Gasteiger partial charge in [-0.2, -0.15) is 0 Å². The van der Waals surface area contributed by atoms with Gasteiger partial charge in [0.2, 0.25) is 5.91 Å². The van der Waals surface area contributed by atoms with Crippen LogP contribution in [0.1, 0.15) is 32.4 Å². The summed E-state index contributed by atoms with van der Waals surface area (Å²) in [7, 11) is 0. The lowest BCUT2D eigenvalue weighted by Crippen LogP contribution is -2.51. The highest BCUT2D eigenvalue weighted by molar-refractivity contribution is 5.87. The maximum Gasteiger partial charge on any atom is 0.326 e. The number of aromatic nitrogens is 2. The number of carbonyl (C=O) groups excluding carboxylic acids is 1. The van der Waals surface area contributed by atoms with Crippen molar-refractivity contribution >= 4 is 11.9 Å². The minimum Gasteiger partial charge on any atom is -0.480 e. The number of carboxylic acids is 1. The van der Waals surface area contributed by atoms with Gasteiger partial charge in [-0.15, -0.1) is 0 Å². The van der Waals surface area contributed by atoms with E-state index in [1.54, 1.807) is 0 Å². The molecule has 7 heteroatoms. The van der Waals surface area contributed by atoms with Crippen LogP contribution in [0.15, 0.2) is 12.5 Å². The van der Waals surface area contributed by atoms with Gasteiger partial charge in [0.25, 0.3) is 0 Å². The second-order valence-corrected chi connectivity index (χ2v) is 4.84. The number of aliphatic carboxylic acids is 1. The first kappa shape index (κ1) is 16.2. The number of carbonyl (C=O) groups is 2. The first-order valence-electron chi connectivity index (χ1n) is 6.70. The van der Waals surface area contributed by atoms with Crippen LogP contribution in [-0.2, 0) is 16.0 Å². The Kier molecular flexibility index (Phi) is 5.69. The van der Waals surface area contributed by atoms with Gasteiger partial charge in [-0.3, -0.25) is 4.79 Å². The maximum atomic E-state index is 12.3. The molecule has 0 unspecified atom stereocenters. The van der Waals surface area contributed by atoms with E-state index in [0.29, 0.717) is 18.5 Å². The molecule has 0 aliphatic heterocycles. The van der Waals surface area contributed by atoms with E-state index < -0.39 is 17.4 Å². The molecule has 7 nitrogen and oxygen atoms in total. The van der Waals surface area contributed by atoms with E-state index in [9.17, 15) is 14.7 Å². The van der Waals surface area contributed by atoms with Crippen molar-refractivity contribution in [1.29, 1.82) is 0 Å². The lowest BCUT2D eigenvalue weighted by atomic mass is 9.81. The van der Waals surface area contributed by atoms with Crippen LogP contribution in [0.2, 0.25) is 0 Å². The summed E-state index contributed by atoms with van der Waals surface area (Å²) in [4.78, 5) is 30.3. The second kappa shape index (κ2) is 7.04. The van der Waals surface area contributed by atoms with Gasteiger partial charge in [0.1, 0.15) is 6.04 Å². The predicted molar refractivity (Wildman–Crippen MR) is 73.9 cm³/mol. The van der Waals surface area contributed by atoms with Gasteiger partial charge >= 0.3 is 5.97 Å². The van der Waals surface area contributed by atoms with Crippen molar-refractivity contribution in [2.45, 2.75) is 39.2 Å². The fourth-order valence-electron chi connectivity index (χ4n) is 2.08. The fourth-order valence-corrected chi connectivity index (χ4v) is 2.08. The number of hydrogen-bond acceptors (Lipinski definition) is 4. The molecular formula is C13H22N4O3. The summed E-state index contributed by atoms with van der Waals surface area (Å²) >= 11 is 0. The topological polar surface area (TPSA) is 121 Å². The highest BCUT2D eigenvalue weighted by atomic mass is 16.4. The third-order valence-electron chi connectivity index (χ3n) is 3.81. The van der Waals surface area contributed by atoms with Crippen molar-refractivity contribution < 1.29 is 14.7 Å². The molecule has 0 saturated carbocycles. The molecule has 112 valence electrons. The van der Waals surface area contributed by atoms with E-state index in [1.165, 1.54) is 12.5 Å².